The SMILES string of the molecule is CCS(=O)C1CCCC(NC(=NC)NCC2(N(C)C)CCOCC2)C1. The summed E-state index contributed by atoms with van der Waals surface area (Å²) in [6.45, 7) is 4.51. The molecule has 2 aliphatic rings. The average Bonchev–Trinajstić information content (AvgIpc) is 2.65. The number of nitrogens with zero attached hydrogens (tertiary/aromatic N) is 2. The third kappa shape index (κ3) is 5.66. The zero-order chi connectivity index (χ0) is 18.3. The molecular formula is C18H36N4O2S. The van der Waals surface area contributed by atoms with Crippen LogP contribution >= 0.6 is 0 Å². The molecule has 3 atom stereocenters. The molecule has 1 aliphatic heterocycles. The van der Waals surface area contributed by atoms with Crippen LogP contribution in [0.5, 0.6) is 0 Å². The van der Waals surface area contributed by atoms with E-state index in [2.05, 4.69) is 34.6 Å². The second-order valence-electron chi connectivity index (χ2n) is 7.46. The van der Waals surface area contributed by atoms with E-state index in [0.29, 0.717) is 11.3 Å². The van der Waals surface area contributed by atoms with E-state index in [0.717, 1.165) is 70.0 Å². The first-order chi connectivity index (χ1) is 12.0. The van der Waals surface area contributed by atoms with E-state index in [1.54, 1.807) is 0 Å². The van der Waals surface area contributed by atoms with Gasteiger partial charge in [0, 0.05) is 60.2 Å². The third-order valence-electron chi connectivity index (χ3n) is 5.80. The standard InChI is InChI=1S/C18H36N4O2S/c1-5-25(23)16-8-6-7-15(13-16)21-17(19-2)20-14-18(22(3)4)9-11-24-12-10-18/h15-16H,5-14H2,1-4H3,(H2,19,20,21). The summed E-state index contributed by atoms with van der Waals surface area (Å²) in [5.41, 5.74) is 0.120. The number of guanidine groups is 1. The number of hydrogen-bond acceptors (Lipinski definition) is 4. The van der Waals surface area contributed by atoms with E-state index < -0.39 is 10.8 Å². The Labute approximate surface area is 155 Å². The first-order valence-electron chi connectivity index (χ1n) is 9.60. The first kappa shape index (κ1) is 20.6. The van der Waals surface area contributed by atoms with Crippen molar-refractivity contribution in [3.63, 3.8) is 0 Å². The lowest BCUT2D eigenvalue weighted by Gasteiger charge is -2.43. The Bertz CT molecular complexity index is 464. The van der Waals surface area contributed by atoms with E-state index in [-0.39, 0.29) is 5.54 Å². The van der Waals surface area contributed by atoms with Crippen LogP contribution < -0.4 is 10.6 Å². The molecule has 146 valence electrons. The van der Waals surface area contributed by atoms with Crippen LogP contribution in [0.2, 0.25) is 0 Å². The Morgan fingerprint density at radius 2 is 2.04 bits per heavy atom. The van der Waals surface area contributed by atoms with Crippen molar-refractivity contribution in [3.8, 4) is 0 Å². The van der Waals surface area contributed by atoms with Crippen molar-refractivity contribution in [1.82, 2.24) is 15.5 Å². The number of hydrogen-bond donors (Lipinski definition) is 2. The smallest absolute Gasteiger partial charge is 0.191 e. The summed E-state index contributed by atoms with van der Waals surface area (Å²) in [7, 11) is 5.43. The molecule has 0 aromatic rings. The van der Waals surface area contributed by atoms with Crippen molar-refractivity contribution in [3.05, 3.63) is 0 Å². The van der Waals surface area contributed by atoms with Crippen molar-refractivity contribution in [2.75, 3.05) is 46.7 Å². The summed E-state index contributed by atoms with van der Waals surface area (Å²) in [5.74, 6) is 1.62. The van der Waals surface area contributed by atoms with Gasteiger partial charge >= 0.3 is 0 Å². The minimum absolute atomic E-state index is 0.120. The molecule has 2 rings (SSSR count). The average molecular weight is 373 g/mol. The van der Waals surface area contributed by atoms with Crippen LogP contribution in [-0.4, -0.2) is 78.6 Å². The molecule has 1 heterocycles. The highest BCUT2D eigenvalue weighted by molar-refractivity contribution is 7.85. The zero-order valence-corrected chi connectivity index (χ0v) is 17.2. The van der Waals surface area contributed by atoms with E-state index in [9.17, 15) is 4.21 Å². The van der Waals surface area contributed by atoms with Gasteiger partial charge in [-0.1, -0.05) is 13.3 Å². The molecule has 6 nitrogen and oxygen atoms in total. The Morgan fingerprint density at radius 3 is 2.64 bits per heavy atom. The molecule has 25 heavy (non-hydrogen) atoms. The lowest BCUT2D eigenvalue weighted by Crippen LogP contribution is -2.58. The lowest BCUT2D eigenvalue weighted by atomic mass is 9.88. The molecule has 7 heteroatoms. The molecule has 0 spiro atoms. The summed E-state index contributed by atoms with van der Waals surface area (Å²) in [6.07, 6.45) is 6.41. The number of likely N-dealkylation sites (N-methyl/N-ethyl adjacent to an activating group) is 1. The summed E-state index contributed by atoms with van der Waals surface area (Å²) in [4.78, 5) is 6.73. The van der Waals surface area contributed by atoms with Gasteiger partial charge in [-0.3, -0.25) is 9.20 Å². The van der Waals surface area contributed by atoms with Gasteiger partial charge in [0.25, 0.3) is 0 Å². The molecule has 0 radical (unpaired) electrons. The highest BCUT2D eigenvalue weighted by Crippen LogP contribution is 2.25. The van der Waals surface area contributed by atoms with Crippen molar-refractivity contribution >= 4 is 16.8 Å². The molecule has 0 aromatic heterocycles. The maximum absolute atomic E-state index is 12.1. The normalized spacial score (nSPS) is 28.6. The monoisotopic (exact) mass is 372 g/mol. The Balaban J connectivity index is 1.88. The van der Waals surface area contributed by atoms with Crippen LogP contribution in [0.25, 0.3) is 0 Å². The highest BCUT2D eigenvalue weighted by atomic mass is 32.2. The minimum Gasteiger partial charge on any atom is -0.381 e. The van der Waals surface area contributed by atoms with Crippen LogP contribution in [0.4, 0.5) is 0 Å². The maximum Gasteiger partial charge on any atom is 0.191 e. The van der Waals surface area contributed by atoms with Crippen molar-refractivity contribution in [1.29, 1.82) is 0 Å². The molecule has 0 aromatic carbocycles. The largest absolute Gasteiger partial charge is 0.381 e. The van der Waals surface area contributed by atoms with Gasteiger partial charge in [-0.15, -0.1) is 0 Å². The Morgan fingerprint density at radius 1 is 1.32 bits per heavy atom. The van der Waals surface area contributed by atoms with Gasteiger partial charge in [-0.25, -0.2) is 0 Å². The molecular weight excluding hydrogens is 336 g/mol. The molecule has 0 bridgehead atoms. The van der Waals surface area contributed by atoms with Gasteiger partial charge in [0.05, 0.1) is 0 Å². The van der Waals surface area contributed by atoms with Gasteiger partial charge in [-0.2, -0.15) is 0 Å². The summed E-state index contributed by atoms with van der Waals surface area (Å²) >= 11 is 0. The second-order valence-corrected chi connectivity index (χ2v) is 9.46. The second kappa shape index (κ2) is 9.88. The molecule has 1 saturated carbocycles. The topological polar surface area (TPSA) is 66.0 Å². The summed E-state index contributed by atoms with van der Waals surface area (Å²) in [5, 5.41) is 7.43. The number of aliphatic imine (C=N–C) groups is 1. The van der Waals surface area contributed by atoms with E-state index in [4.69, 9.17) is 4.74 Å². The van der Waals surface area contributed by atoms with Gasteiger partial charge < -0.3 is 20.3 Å². The van der Waals surface area contributed by atoms with Crippen molar-refractivity contribution in [2.24, 2.45) is 4.99 Å². The predicted octanol–water partition coefficient (Wildman–Crippen LogP) is 1.34. The third-order valence-corrected chi connectivity index (χ3v) is 7.54. The fourth-order valence-corrected chi connectivity index (χ4v) is 5.27. The van der Waals surface area contributed by atoms with Gasteiger partial charge in [0.15, 0.2) is 5.96 Å². The molecule has 2 fully saturated rings. The van der Waals surface area contributed by atoms with Crippen LogP contribution in [-0.2, 0) is 15.5 Å². The van der Waals surface area contributed by atoms with Crippen molar-refractivity contribution in [2.45, 2.75) is 62.3 Å². The molecule has 3 unspecified atom stereocenters. The van der Waals surface area contributed by atoms with Crippen molar-refractivity contribution < 1.29 is 8.95 Å². The zero-order valence-electron chi connectivity index (χ0n) is 16.3. The number of ether oxygens (including phenoxy) is 1. The number of nitrogens with one attached hydrogen (secondary N) is 2. The van der Waals surface area contributed by atoms with Crippen LogP contribution in [0, 0.1) is 0 Å². The summed E-state index contributed by atoms with van der Waals surface area (Å²) < 4.78 is 17.7. The summed E-state index contributed by atoms with van der Waals surface area (Å²) in [6, 6.07) is 0.366. The van der Waals surface area contributed by atoms with Gasteiger partial charge in [0.2, 0.25) is 0 Å². The Kier molecular flexibility index (Phi) is 8.16. The number of rotatable bonds is 6. The van der Waals surface area contributed by atoms with Crippen LogP contribution in [0.3, 0.4) is 0 Å². The highest BCUT2D eigenvalue weighted by Gasteiger charge is 2.35. The van der Waals surface area contributed by atoms with Crippen LogP contribution in [0.1, 0.15) is 45.4 Å². The van der Waals surface area contributed by atoms with Gasteiger partial charge in [-0.05, 0) is 46.2 Å². The maximum atomic E-state index is 12.1. The van der Waals surface area contributed by atoms with E-state index in [1.807, 2.05) is 14.0 Å². The predicted molar refractivity (Wildman–Crippen MR) is 106 cm³/mol. The molecule has 1 saturated heterocycles. The molecule has 1 aliphatic carbocycles. The minimum atomic E-state index is -0.692. The van der Waals surface area contributed by atoms with Crippen LogP contribution in [0.15, 0.2) is 4.99 Å². The van der Waals surface area contributed by atoms with E-state index >= 15 is 0 Å². The van der Waals surface area contributed by atoms with Gasteiger partial charge in [0.1, 0.15) is 0 Å². The Hall–Kier alpha value is -0.660. The lowest BCUT2D eigenvalue weighted by molar-refractivity contribution is -0.00503. The first-order valence-corrected chi connectivity index (χ1v) is 11.0. The quantitative estimate of drug-likeness (QED) is 0.544. The molecule has 2 N–H and O–H groups in total. The fourth-order valence-electron chi connectivity index (χ4n) is 3.92. The fraction of sp³-hybridized carbons (Fsp3) is 0.944. The van der Waals surface area contributed by atoms with E-state index in [1.165, 1.54) is 0 Å². The molecule has 0 amide bonds.